The third-order valence-corrected chi connectivity index (χ3v) is 5.85. The SMILES string of the molecule is CC(C)[C@H](C)NC(=O)c1cc(-c2cccs2)nn1-c1ccc(Cl)c(Cl)c1. The van der Waals surface area contributed by atoms with Crippen molar-refractivity contribution in [3.63, 3.8) is 0 Å². The van der Waals surface area contributed by atoms with Gasteiger partial charge in [-0.1, -0.05) is 43.1 Å². The molecule has 1 amide bonds. The number of benzene rings is 1. The lowest BCUT2D eigenvalue weighted by molar-refractivity contribution is 0.0922. The summed E-state index contributed by atoms with van der Waals surface area (Å²) >= 11 is 13.8. The van der Waals surface area contributed by atoms with Crippen molar-refractivity contribution in [2.24, 2.45) is 5.92 Å². The summed E-state index contributed by atoms with van der Waals surface area (Å²) in [5, 5.41) is 10.5. The van der Waals surface area contributed by atoms with Crippen LogP contribution in [0.25, 0.3) is 16.3 Å². The molecule has 0 radical (unpaired) electrons. The minimum atomic E-state index is -0.174. The molecule has 1 atom stereocenters. The summed E-state index contributed by atoms with van der Waals surface area (Å²) in [6.07, 6.45) is 0. The second kappa shape index (κ2) is 7.82. The van der Waals surface area contributed by atoms with E-state index in [-0.39, 0.29) is 11.9 Å². The van der Waals surface area contributed by atoms with Gasteiger partial charge in [-0.15, -0.1) is 11.3 Å². The van der Waals surface area contributed by atoms with Gasteiger partial charge in [0.15, 0.2) is 0 Å². The average Bonchev–Trinajstić information content (AvgIpc) is 3.26. The molecule has 0 saturated carbocycles. The van der Waals surface area contributed by atoms with Crippen LogP contribution in [-0.4, -0.2) is 21.7 Å². The molecule has 0 unspecified atom stereocenters. The van der Waals surface area contributed by atoms with Crippen LogP contribution in [0.1, 0.15) is 31.3 Å². The predicted octanol–water partition coefficient (Wildman–Crippen LogP) is 5.68. The van der Waals surface area contributed by atoms with E-state index >= 15 is 0 Å². The fourth-order valence-corrected chi connectivity index (χ4v) is 3.32. The topological polar surface area (TPSA) is 46.9 Å². The summed E-state index contributed by atoms with van der Waals surface area (Å²) < 4.78 is 1.61. The van der Waals surface area contributed by atoms with E-state index in [0.717, 1.165) is 10.6 Å². The molecule has 2 heterocycles. The van der Waals surface area contributed by atoms with Crippen molar-refractivity contribution in [1.82, 2.24) is 15.1 Å². The van der Waals surface area contributed by atoms with Crippen molar-refractivity contribution in [3.05, 3.63) is 57.5 Å². The first-order valence-electron chi connectivity index (χ1n) is 8.27. The van der Waals surface area contributed by atoms with Crippen LogP contribution in [0.5, 0.6) is 0 Å². The summed E-state index contributed by atoms with van der Waals surface area (Å²) in [6, 6.07) is 11.0. The maximum Gasteiger partial charge on any atom is 0.270 e. The Morgan fingerprint density at radius 1 is 1.15 bits per heavy atom. The third-order valence-electron chi connectivity index (χ3n) is 4.22. The highest BCUT2D eigenvalue weighted by Gasteiger charge is 2.20. The Balaban J connectivity index is 2.06. The smallest absolute Gasteiger partial charge is 0.270 e. The van der Waals surface area contributed by atoms with Crippen LogP contribution in [0.3, 0.4) is 0 Å². The quantitative estimate of drug-likeness (QED) is 0.590. The van der Waals surface area contributed by atoms with Crippen molar-refractivity contribution in [2.75, 3.05) is 0 Å². The number of carbonyl (C=O) groups is 1. The monoisotopic (exact) mass is 407 g/mol. The number of aromatic nitrogens is 2. The van der Waals surface area contributed by atoms with Gasteiger partial charge in [-0.2, -0.15) is 5.10 Å². The normalized spacial score (nSPS) is 12.4. The number of thiophene rings is 1. The van der Waals surface area contributed by atoms with Crippen LogP contribution < -0.4 is 5.32 Å². The summed E-state index contributed by atoms with van der Waals surface area (Å²) in [6.45, 7) is 6.12. The molecule has 0 bridgehead atoms. The molecule has 2 aromatic heterocycles. The van der Waals surface area contributed by atoms with Gasteiger partial charge in [-0.05, 0) is 48.6 Å². The highest BCUT2D eigenvalue weighted by molar-refractivity contribution is 7.13. The number of hydrogen-bond donors (Lipinski definition) is 1. The molecule has 7 heteroatoms. The van der Waals surface area contributed by atoms with Crippen LogP contribution in [0, 0.1) is 5.92 Å². The van der Waals surface area contributed by atoms with E-state index in [2.05, 4.69) is 24.3 Å². The first-order valence-corrected chi connectivity index (χ1v) is 9.90. The minimum absolute atomic E-state index is 0.0462. The van der Waals surface area contributed by atoms with E-state index in [1.165, 1.54) is 0 Å². The van der Waals surface area contributed by atoms with Crippen molar-refractivity contribution in [2.45, 2.75) is 26.8 Å². The summed E-state index contributed by atoms with van der Waals surface area (Å²) in [4.78, 5) is 13.9. The lowest BCUT2D eigenvalue weighted by Crippen LogP contribution is -2.37. The fraction of sp³-hybridized carbons (Fsp3) is 0.263. The maximum atomic E-state index is 12.9. The van der Waals surface area contributed by atoms with E-state index in [1.54, 1.807) is 40.3 Å². The molecule has 0 aliphatic rings. The zero-order valence-corrected chi connectivity index (χ0v) is 17.0. The van der Waals surface area contributed by atoms with Crippen molar-refractivity contribution >= 4 is 40.4 Å². The van der Waals surface area contributed by atoms with E-state index in [9.17, 15) is 4.79 Å². The number of nitrogens with zero attached hydrogens (tertiary/aromatic N) is 2. The van der Waals surface area contributed by atoms with Gasteiger partial charge in [0.05, 0.1) is 20.6 Å². The number of hydrogen-bond acceptors (Lipinski definition) is 3. The van der Waals surface area contributed by atoms with Gasteiger partial charge in [-0.25, -0.2) is 4.68 Å². The molecular weight excluding hydrogens is 389 g/mol. The zero-order chi connectivity index (χ0) is 18.8. The zero-order valence-electron chi connectivity index (χ0n) is 14.7. The molecule has 0 saturated heterocycles. The fourth-order valence-electron chi connectivity index (χ4n) is 2.35. The Labute approximate surface area is 166 Å². The van der Waals surface area contributed by atoms with E-state index in [4.69, 9.17) is 23.2 Å². The van der Waals surface area contributed by atoms with Crippen LogP contribution in [0.15, 0.2) is 41.8 Å². The molecule has 3 aromatic rings. The van der Waals surface area contributed by atoms with E-state index in [1.807, 2.05) is 24.4 Å². The predicted molar refractivity (Wildman–Crippen MR) is 109 cm³/mol. The molecule has 4 nitrogen and oxygen atoms in total. The Morgan fingerprint density at radius 2 is 1.92 bits per heavy atom. The van der Waals surface area contributed by atoms with E-state index in [0.29, 0.717) is 27.3 Å². The van der Waals surface area contributed by atoms with Crippen LogP contribution in [-0.2, 0) is 0 Å². The van der Waals surface area contributed by atoms with Gasteiger partial charge in [0, 0.05) is 6.04 Å². The molecule has 1 aromatic carbocycles. The number of halogens is 2. The van der Waals surface area contributed by atoms with E-state index < -0.39 is 0 Å². The molecule has 136 valence electrons. The lowest BCUT2D eigenvalue weighted by atomic mass is 10.1. The molecule has 0 aliphatic carbocycles. The molecular formula is C19H19Cl2N3OS. The molecule has 3 rings (SSSR count). The van der Waals surface area contributed by atoms with Gasteiger partial charge in [0.25, 0.3) is 5.91 Å². The molecule has 1 N–H and O–H groups in total. The molecule has 0 spiro atoms. The first-order chi connectivity index (χ1) is 12.4. The molecule has 0 fully saturated rings. The summed E-state index contributed by atoms with van der Waals surface area (Å²) in [5.41, 5.74) is 1.89. The Kier molecular flexibility index (Phi) is 5.70. The number of amides is 1. The Hall–Kier alpha value is -1.82. The number of nitrogens with one attached hydrogen (secondary N) is 1. The highest BCUT2D eigenvalue weighted by atomic mass is 35.5. The summed E-state index contributed by atoms with van der Waals surface area (Å²) in [7, 11) is 0. The Morgan fingerprint density at radius 3 is 2.54 bits per heavy atom. The van der Waals surface area contributed by atoms with Crippen LogP contribution >= 0.6 is 34.5 Å². The van der Waals surface area contributed by atoms with Crippen molar-refractivity contribution in [1.29, 1.82) is 0 Å². The average molecular weight is 408 g/mol. The third kappa shape index (κ3) is 3.95. The second-order valence-electron chi connectivity index (χ2n) is 6.41. The maximum absolute atomic E-state index is 12.9. The van der Waals surface area contributed by atoms with Gasteiger partial charge < -0.3 is 5.32 Å². The molecule has 26 heavy (non-hydrogen) atoms. The van der Waals surface area contributed by atoms with Crippen molar-refractivity contribution < 1.29 is 4.79 Å². The van der Waals surface area contributed by atoms with Crippen molar-refractivity contribution in [3.8, 4) is 16.3 Å². The summed E-state index contributed by atoms with van der Waals surface area (Å²) in [5.74, 6) is 0.157. The largest absolute Gasteiger partial charge is 0.348 e. The standard InChI is InChI=1S/C19H19Cl2N3OS/c1-11(2)12(3)22-19(25)17-10-16(18-5-4-8-26-18)23-24(17)13-6-7-14(20)15(21)9-13/h4-12H,1-3H3,(H,22,25)/t12-/m0/s1. The highest BCUT2D eigenvalue weighted by Crippen LogP contribution is 2.28. The van der Waals surface area contributed by atoms with Crippen LogP contribution in [0.4, 0.5) is 0 Å². The van der Waals surface area contributed by atoms with Gasteiger partial charge in [0.1, 0.15) is 11.4 Å². The number of rotatable bonds is 5. The first kappa shape index (κ1) is 19.0. The van der Waals surface area contributed by atoms with Gasteiger partial charge in [-0.3, -0.25) is 4.79 Å². The minimum Gasteiger partial charge on any atom is -0.348 e. The second-order valence-corrected chi connectivity index (χ2v) is 8.17. The Bertz CT molecular complexity index is 919. The van der Waals surface area contributed by atoms with Crippen LogP contribution in [0.2, 0.25) is 10.0 Å². The number of carbonyl (C=O) groups excluding carboxylic acids is 1. The van der Waals surface area contributed by atoms with Gasteiger partial charge in [0.2, 0.25) is 0 Å². The van der Waals surface area contributed by atoms with Gasteiger partial charge >= 0.3 is 0 Å². The lowest BCUT2D eigenvalue weighted by Gasteiger charge is -2.17. The molecule has 0 aliphatic heterocycles.